The van der Waals surface area contributed by atoms with Gasteiger partial charge in [0.25, 0.3) is 0 Å². The first-order valence-electron chi connectivity index (χ1n) is 3.71. The van der Waals surface area contributed by atoms with Crippen LogP contribution in [0.25, 0.3) is 10.8 Å². The monoisotopic (exact) mass is 221 g/mol. The molecule has 2 N–H and O–H groups in total. The molecule has 2 aromatic rings. The van der Waals surface area contributed by atoms with Crippen molar-refractivity contribution >= 4 is 32.4 Å². The lowest BCUT2D eigenvalue weighted by molar-refractivity contribution is 1.69. The molecule has 60 valence electrons. The predicted octanol–water partition coefficient (Wildman–Crippen LogP) is 3.18. The van der Waals surface area contributed by atoms with Gasteiger partial charge in [0.15, 0.2) is 0 Å². The van der Waals surface area contributed by atoms with Gasteiger partial charge in [-0.1, -0.05) is 34.1 Å². The third-order valence-electron chi connectivity index (χ3n) is 1.85. The topological polar surface area (TPSA) is 26.0 Å². The second-order valence-corrected chi connectivity index (χ2v) is 3.57. The van der Waals surface area contributed by atoms with Gasteiger partial charge in [0.2, 0.25) is 0 Å². The third-order valence-corrected chi connectivity index (χ3v) is 2.54. The number of nitrogen functional groups attached to an aromatic ring is 1. The molecule has 0 aliphatic carbocycles. The third kappa shape index (κ3) is 1.18. The zero-order chi connectivity index (χ0) is 8.55. The highest BCUT2D eigenvalue weighted by atomic mass is 79.9. The zero-order valence-electron chi connectivity index (χ0n) is 6.42. The molecule has 0 unspecified atom stereocenters. The minimum absolute atomic E-state index is 0.800. The van der Waals surface area contributed by atoms with E-state index in [-0.39, 0.29) is 0 Å². The molecular formula is C10H8BrN. The molecule has 0 fully saturated rings. The molecule has 0 aromatic heterocycles. The summed E-state index contributed by atoms with van der Waals surface area (Å²) in [5.41, 5.74) is 6.47. The van der Waals surface area contributed by atoms with Gasteiger partial charge in [-0.15, -0.1) is 0 Å². The van der Waals surface area contributed by atoms with Gasteiger partial charge in [-0.25, -0.2) is 0 Å². The van der Waals surface area contributed by atoms with Crippen LogP contribution in [0.5, 0.6) is 0 Å². The Balaban J connectivity index is 2.88. The average Bonchev–Trinajstić information content (AvgIpc) is 2.07. The Morgan fingerprint density at radius 3 is 2.75 bits per heavy atom. The molecule has 0 bridgehead atoms. The number of hydrogen-bond donors (Lipinski definition) is 1. The Hall–Kier alpha value is -1.02. The van der Waals surface area contributed by atoms with Crippen molar-refractivity contribution in [1.29, 1.82) is 0 Å². The number of anilines is 1. The van der Waals surface area contributed by atoms with Crippen molar-refractivity contribution in [2.45, 2.75) is 0 Å². The Bertz CT molecular complexity index is 423. The summed E-state index contributed by atoms with van der Waals surface area (Å²) in [6.07, 6.45) is 0. The summed E-state index contributed by atoms with van der Waals surface area (Å²) < 4.78 is 1.09. The number of hydrogen-bond acceptors (Lipinski definition) is 1. The molecule has 2 rings (SSSR count). The maximum Gasteiger partial charge on any atom is 0.0320 e. The summed E-state index contributed by atoms with van der Waals surface area (Å²) in [4.78, 5) is 0. The average molecular weight is 222 g/mol. The molecule has 0 amide bonds. The summed E-state index contributed by atoms with van der Waals surface area (Å²) in [6.45, 7) is 0. The maximum absolute atomic E-state index is 5.67. The van der Waals surface area contributed by atoms with Crippen molar-refractivity contribution in [3.63, 3.8) is 0 Å². The molecule has 0 aliphatic rings. The molecule has 0 radical (unpaired) electrons. The van der Waals surface area contributed by atoms with E-state index in [9.17, 15) is 0 Å². The number of nitrogens with two attached hydrogens (primary N) is 1. The number of benzene rings is 2. The van der Waals surface area contributed by atoms with Gasteiger partial charge >= 0.3 is 0 Å². The van der Waals surface area contributed by atoms with Gasteiger partial charge in [0.05, 0.1) is 0 Å². The van der Waals surface area contributed by atoms with Crippen molar-refractivity contribution in [2.75, 3.05) is 5.73 Å². The molecule has 0 aliphatic heterocycles. The van der Waals surface area contributed by atoms with E-state index in [1.807, 2.05) is 30.3 Å². The lowest BCUT2D eigenvalue weighted by atomic mass is 10.1. The molecule has 0 heterocycles. The normalized spacial score (nSPS) is 10.4. The quantitative estimate of drug-likeness (QED) is 0.680. The summed E-state index contributed by atoms with van der Waals surface area (Å²) >= 11 is 3.48. The van der Waals surface area contributed by atoms with Crippen molar-refractivity contribution in [1.82, 2.24) is 0 Å². The van der Waals surface area contributed by atoms with E-state index in [0.29, 0.717) is 0 Å². The zero-order valence-corrected chi connectivity index (χ0v) is 8.01. The Kier molecular flexibility index (Phi) is 1.77. The van der Waals surface area contributed by atoms with Gasteiger partial charge in [0, 0.05) is 10.2 Å². The Morgan fingerprint density at radius 1 is 1.08 bits per heavy atom. The van der Waals surface area contributed by atoms with Crippen LogP contribution in [0.3, 0.4) is 0 Å². The van der Waals surface area contributed by atoms with Crippen LogP contribution in [-0.2, 0) is 0 Å². The fraction of sp³-hybridized carbons (Fsp3) is 0. The lowest BCUT2D eigenvalue weighted by Crippen LogP contribution is -1.83. The lowest BCUT2D eigenvalue weighted by Gasteiger charge is -2.00. The highest BCUT2D eigenvalue weighted by Gasteiger charge is 1.96. The maximum atomic E-state index is 5.67. The highest BCUT2D eigenvalue weighted by molar-refractivity contribution is 9.10. The first-order valence-corrected chi connectivity index (χ1v) is 4.50. The van der Waals surface area contributed by atoms with Crippen LogP contribution in [0.2, 0.25) is 0 Å². The summed E-state index contributed by atoms with van der Waals surface area (Å²) in [7, 11) is 0. The van der Waals surface area contributed by atoms with Gasteiger partial charge in [-0.05, 0) is 29.0 Å². The van der Waals surface area contributed by atoms with Crippen LogP contribution < -0.4 is 5.73 Å². The van der Waals surface area contributed by atoms with Crippen molar-refractivity contribution < 1.29 is 0 Å². The van der Waals surface area contributed by atoms with Crippen molar-refractivity contribution in [3.05, 3.63) is 40.9 Å². The van der Waals surface area contributed by atoms with Crippen LogP contribution >= 0.6 is 15.9 Å². The van der Waals surface area contributed by atoms with E-state index in [2.05, 4.69) is 22.0 Å². The predicted molar refractivity (Wildman–Crippen MR) is 56.1 cm³/mol. The van der Waals surface area contributed by atoms with Crippen molar-refractivity contribution in [2.24, 2.45) is 0 Å². The van der Waals surface area contributed by atoms with E-state index >= 15 is 0 Å². The number of fused-ring (bicyclic) bond motifs is 1. The van der Waals surface area contributed by atoms with E-state index in [1.54, 1.807) is 0 Å². The fourth-order valence-electron chi connectivity index (χ4n) is 1.25. The minimum Gasteiger partial charge on any atom is -0.399 e. The smallest absolute Gasteiger partial charge is 0.0320 e. The fourth-order valence-corrected chi connectivity index (χ4v) is 1.75. The van der Waals surface area contributed by atoms with Crippen LogP contribution in [0.1, 0.15) is 0 Å². The van der Waals surface area contributed by atoms with E-state index < -0.39 is 0 Å². The van der Waals surface area contributed by atoms with Crippen LogP contribution in [-0.4, -0.2) is 0 Å². The second kappa shape index (κ2) is 2.79. The van der Waals surface area contributed by atoms with E-state index in [1.165, 1.54) is 5.39 Å². The van der Waals surface area contributed by atoms with E-state index in [0.717, 1.165) is 15.5 Å². The summed E-state index contributed by atoms with van der Waals surface area (Å²) in [5, 5.41) is 2.37. The van der Waals surface area contributed by atoms with Crippen LogP contribution in [0, 0.1) is 0 Å². The Morgan fingerprint density at radius 2 is 1.92 bits per heavy atom. The highest BCUT2D eigenvalue weighted by Crippen LogP contribution is 2.25. The molecule has 0 saturated heterocycles. The molecule has 0 saturated carbocycles. The van der Waals surface area contributed by atoms with Gasteiger partial charge in [-0.3, -0.25) is 0 Å². The SMILES string of the molecule is Nc1ccc2cccc(Br)c2c1. The molecule has 0 atom stereocenters. The summed E-state index contributed by atoms with van der Waals surface area (Å²) in [6, 6.07) is 12.0. The second-order valence-electron chi connectivity index (χ2n) is 2.72. The first-order chi connectivity index (χ1) is 5.77. The molecule has 1 nitrogen and oxygen atoms in total. The number of halogens is 1. The first kappa shape index (κ1) is 7.62. The standard InChI is InChI=1S/C10H8BrN/c11-10-3-1-2-7-4-5-8(12)6-9(7)10/h1-6H,12H2. The van der Waals surface area contributed by atoms with Gasteiger partial charge in [-0.2, -0.15) is 0 Å². The van der Waals surface area contributed by atoms with Gasteiger partial charge < -0.3 is 5.73 Å². The minimum atomic E-state index is 0.800. The Labute approximate surface area is 79.3 Å². The summed E-state index contributed by atoms with van der Waals surface area (Å²) in [5.74, 6) is 0. The molecule has 0 spiro atoms. The van der Waals surface area contributed by atoms with Crippen LogP contribution in [0.15, 0.2) is 40.9 Å². The largest absolute Gasteiger partial charge is 0.399 e. The molecule has 12 heavy (non-hydrogen) atoms. The molecule has 2 heteroatoms. The van der Waals surface area contributed by atoms with E-state index in [4.69, 9.17) is 5.73 Å². The number of rotatable bonds is 0. The molecule has 2 aromatic carbocycles. The molecular weight excluding hydrogens is 214 g/mol. The van der Waals surface area contributed by atoms with Gasteiger partial charge in [0.1, 0.15) is 0 Å². The van der Waals surface area contributed by atoms with Crippen LogP contribution in [0.4, 0.5) is 5.69 Å². The van der Waals surface area contributed by atoms with Crippen molar-refractivity contribution in [3.8, 4) is 0 Å².